The van der Waals surface area contributed by atoms with Crippen LogP contribution in [0, 0.1) is 0 Å². The van der Waals surface area contributed by atoms with Crippen LogP contribution >= 0.6 is 0 Å². The molecular formula is C17H21N3O3. The number of amides is 1. The molecule has 1 aromatic carbocycles. The lowest BCUT2D eigenvalue weighted by Gasteiger charge is -2.29. The van der Waals surface area contributed by atoms with Gasteiger partial charge in [0.2, 0.25) is 0 Å². The number of H-pyrrole nitrogens is 2. The summed E-state index contributed by atoms with van der Waals surface area (Å²) in [5.74, 6) is 0. The van der Waals surface area contributed by atoms with Crippen molar-refractivity contribution in [2.45, 2.75) is 32.8 Å². The number of nitrogens with zero attached hydrogens (tertiary/aromatic N) is 1. The summed E-state index contributed by atoms with van der Waals surface area (Å²) < 4.78 is 5.39. The topological polar surface area (TPSA) is 78.2 Å². The summed E-state index contributed by atoms with van der Waals surface area (Å²) in [6, 6.07) is 5.84. The second-order valence-corrected chi connectivity index (χ2v) is 6.75. The number of benzene rings is 1. The van der Waals surface area contributed by atoms with E-state index in [1.54, 1.807) is 4.90 Å². The number of imidazole rings is 1. The predicted molar refractivity (Wildman–Crippen MR) is 89.3 cm³/mol. The minimum Gasteiger partial charge on any atom is -0.444 e. The highest BCUT2D eigenvalue weighted by atomic mass is 16.6. The van der Waals surface area contributed by atoms with Crippen LogP contribution in [0.4, 0.5) is 4.79 Å². The molecular weight excluding hydrogens is 294 g/mol. The Balaban J connectivity index is 1.75. The summed E-state index contributed by atoms with van der Waals surface area (Å²) in [7, 11) is 0. The molecule has 0 saturated heterocycles. The van der Waals surface area contributed by atoms with E-state index in [2.05, 4.69) is 9.97 Å². The number of aromatic amines is 2. The van der Waals surface area contributed by atoms with Gasteiger partial charge in [-0.3, -0.25) is 0 Å². The molecule has 1 amide bonds. The van der Waals surface area contributed by atoms with Gasteiger partial charge in [0.25, 0.3) is 0 Å². The number of fused-ring (bicyclic) bond motifs is 1. The molecule has 0 atom stereocenters. The molecule has 0 fully saturated rings. The number of carbonyl (C=O) groups is 1. The number of hydrogen-bond donors (Lipinski definition) is 2. The molecule has 0 unspecified atom stereocenters. The fraction of sp³-hybridized carbons (Fsp3) is 0.412. The zero-order valence-corrected chi connectivity index (χ0v) is 13.6. The summed E-state index contributed by atoms with van der Waals surface area (Å²) >= 11 is 0. The molecule has 1 aromatic heterocycles. The molecule has 0 aliphatic carbocycles. The zero-order valence-electron chi connectivity index (χ0n) is 13.6. The second kappa shape index (κ2) is 5.61. The normalized spacial score (nSPS) is 15.6. The highest BCUT2D eigenvalue weighted by molar-refractivity contribution is 5.81. The molecule has 6 heteroatoms. The molecule has 0 radical (unpaired) electrons. The van der Waals surface area contributed by atoms with E-state index in [4.69, 9.17) is 4.74 Å². The Bertz CT molecular complexity index is 823. The number of aromatic nitrogens is 2. The van der Waals surface area contributed by atoms with Crippen molar-refractivity contribution >= 4 is 22.7 Å². The van der Waals surface area contributed by atoms with E-state index in [-0.39, 0.29) is 11.8 Å². The van der Waals surface area contributed by atoms with Gasteiger partial charge in [0.1, 0.15) is 5.60 Å². The standard InChI is InChI=1S/C17H21N3O3/c1-17(2,3)23-16(22)20-8-6-11(7-9-20)12-4-5-13-14(10-12)19-15(21)18-13/h4-6,10H,7-9H2,1-3H3,(H2,18,19,21). The number of carbonyl (C=O) groups excluding carboxylic acids is 1. The molecule has 0 saturated carbocycles. The second-order valence-electron chi connectivity index (χ2n) is 6.75. The molecule has 23 heavy (non-hydrogen) atoms. The molecule has 3 rings (SSSR count). The van der Waals surface area contributed by atoms with E-state index in [9.17, 15) is 9.59 Å². The highest BCUT2D eigenvalue weighted by Crippen LogP contribution is 2.25. The summed E-state index contributed by atoms with van der Waals surface area (Å²) in [6.45, 7) is 6.75. The van der Waals surface area contributed by atoms with Gasteiger partial charge in [-0.05, 0) is 50.5 Å². The molecule has 122 valence electrons. The SMILES string of the molecule is CC(C)(C)OC(=O)N1CC=C(c2ccc3[nH]c(=O)[nH]c3c2)CC1. The maximum Gasteiger partial charge on any atom is 0.410 e. The van der Waals surface area contributed by atoms with E-state index in [0.29, 0.717) is 13.1 Å². The Kier molecular flexibility index (Phi) is 3.75. The Morgan fingerprint density at radius 3 is 2.61 bits per heavy atom. The maximum absolute atomic E-state index is 12.1. The molecule has 2 aromatic rings. The predicted octanol–water partition coefficient (Wildman–Crippen LogP) is 2.88. The van der Waals surface area contributed by atoms with E-state index in [1.165, 1.54) is 5.57 Å². The molecule has 0 bridgehead atoms. The van der Waals surface area contributed by atoms with Gasteiger partial charge >= 0.3 is 11.8 Å². The number of ether oxygens (including phenoxy) is 1. The van der Waals surface area contributed by atoms with Crippen molar-refractivity contribution in [2.75, 3.05) is 13.1 Å². The summed E-state index contributed by atoms with van der Waals surface area (Å²) in [6.07, 6.45) is 2.52. The van der Waals surface area contributed by atoms with Crippen LogP contribution in [-0.4, -0.2) is 39.7 Å². The van der Waals surface area contributed by atoms with Gasteiger partial charge in [-0.2, -0.15) is 0 Å². The minimum atomic E-state index is -0.480. The van der Waals surface area contributed by atoms with Crippen LogP contribution in [0.5, 0.6) is 0 Å². The van der Waals surface area contributed by atoms with Gasteiger partial charge in [-0.25, -0.2) is 9.59 Å². The van der Waals surface area contributed by atoms with E-state index in [0.717, 1.165) is 23.0 Å². The quantitative estimate of drug-likeness (QED) is 0.849. The van der Waals surface area contributed by atoms with Crippen LogP contribution in [0.3, 0.4) is 0 Å². The van der Waals surface area contributed by atoms with Crippen LogP contribution < -0.4 is 5.69 Å². The van der Waals surface area contributed by atoms with Crippen LogP contribution in [0.25, 0.3) is 16.6 Å². The highest BCUT2D eigenvalue weighted by Gasteiger charge is 2.23. The van der Waals surface area contributed by atoms with Crippen LogP contribution in [0.15, 0.2) is 29.1 Å². The minimum absolute atomic E-state index is 0.203. The van der Waals surface area contributed by atoms with Gasteiger partial charge in [-0.1, -0.05) is 12.1 Å². The van der Waals surface area contributed by atoms with Gasteiger partial charge in [0, 0.05) is 13.1 Å². The first-order chi connectivity index (χ1) is 10.8. The van der Waals surface area contributed by atoms with Crippen molar-refractivity contribution in [2.24, 2.45) is 0 Å². The smallest absolute Gasteiger partial charge is 0.410 e. The Morgan fingerprint density at radius 2 is 1.96 bits per heavy atom. The lowest BCUT2D eigenvalue weighted by atomic mass is 9.99. The Hall–Kier alpha value is -2.50. The van der Waals surface area contributed by atoms with Crippen molar-refractivity contribution in [1.29, 1.82) is 0 Å². The zero-order chi connectivity index (χ0) is 16.6. The fourth-order valence-electron chi connectivity index (χ4n) is 2.66. The molecule has 2 heterocycles. The number of nitrogens with one attached hydrogen (secondary N) is 2. The van der Waals surface area contributed by atoms with Gasteiger partial charge in [0.15, 0.2) is 0 Å². The van der Waals surface area contributed by atoms with Crippen LogP contribution in [0.1, 0.15) is 32.8 Å². The first kappa shape index (κ1) is 15.4. The molecule has 1 aliphatic heterocycles. The number of rotatable bonds is 1. The van der Waals surface area contributed by atoms with Crippen molar-refractivity contribution < 1.29 is 9.53 Å². The van der Waals surface area contributed by atoms with E-state index < -0.39 is 5.60 Å². The van der Waals surface area contributed by atoms with Gasteiger partial charge < -0.3 is 19.6 Å². The van der Waals surface area contributed by atoms with Crippen LogP contribution in [-0.2, 0) is 4.74 Å². The summed E-state index contributed by atoms with van der Waals surface area (Å²) in [5.41, 5.74) is 3.15. The third-order valence-corrected chi connectivity index (χ3v) is 3.75. The summed E-state index contributed by atoms with van der Waals surface area (Å²) in [4.78, 5) is 30.6. The first-order valence-corrected chi connectivity index (χ1v) is 7.71. The van der Waals surface area contributed by atoms with Crippen molar-refractivity contribution in [3.63, 3.8) is 0 Å². The Morgan fingerprint density at radius 1 is 1.22 bits per heavy atom. The van der Waals surface area contributed by atoms with Crippen molar-refractivity contribution in [3.05, 3.63) is 40.3 Å². The van der Waals surface area contributed by atoms with Crippen molar-refractivity contribution in [3.8, 4) is 0 Å². The monoisotopic (exact) mass is 315 g/mol. The molecule has 0 spiro atoms. The third-order valence-electron chi connectivity index (χ3n) is 3.75. The van der Waals surface area contributed by atoms with E-state index in [1.807, 2.05) is 45.0 Å². The number of hydrogen-bond acceptors (Lipinski definition) is 3. The lowest BCUT2D eigenvalue weighted by molar-refractivity contribution is 0.0270. The largest absolute Gasteiger partial charge is 0.444 e. The molecule has 2 N–H and O–H groups in total. The van der Waals surface area contributed by atoms with Gasteiger partial charge in [-0.15, -0.1) is 0 Å². The Labute approximate surface area is 134 Å². The van der Waals surface area contributed by atoms with Crippen LogP contribution in [0.2, 0.25) is 0 Å². The maximum atomic E-state index is 12.1. The van der Waals surface area contributed by atoms with Crippen molar-refractivity contribution in [1.82, 2.24) is 14.9 Å². The average Bonchev–Trinajstić information content (AvgIpc) is 2.84. The molecule has 6 nitrogen and oxygen atoms in total. The van der Waals surface area contributed by atoms with Gasteiger partial charge in [0.05, 0.1) is 11.0 Å². The lowest BCUT2D eigenvalue weighted by Crippen LogP contribution is -2.39. The fourth-order valence-corrected chi connectivity index (χ4v) is 2.66. The first-order valence-electron chi connectivity index (χ1n) is 7.71. The molecule has 1 aliphatic rings. The average molecular weight is 315 g/mol. The third kappa shape index (κ3) is 3.47. The summed E-state index contributed by atoms with van der Waals surface area (Å²) in [5, 5.41) is 0. The van der Waals surface area contributed by atoms with E-state index >= 15 is 0 Å².